The number of halogens is 2. The van der Waals surface area contributed by atoms with Gasteiger partial charge >= 0.3 is 6.03 Å². The molecule has 6 rings (SSSR count). The lowest BCUT2D eigenvalue weighted by molar-refractivity contribution is 0.110. The van der Waals surface area contributed by atoms with Crippen molar-refractivity contribution in [1.82, 2.24) is 19.8 Å². The summed E-state index contributed by atoms with van der Waals surface area (Å²) >= 11 is 0. The molecule has 0 aliphatic carbocycles. The zero-order valence-corrected chi connectivity index (χ0v) is 22.6. The number of benzene rings is 3. The highest BCUT2D eigenvalue weighted by molar-refractivity contribution is 5.83. The number of hydrogen-bond donors (Lipinski definition) is 1. The number of nitriles is 1. The van der Waals surface area contributed by atoms with E-state index in [-0.39, 0.29) is 12.1 Å². The Morgan fingerprint density at radius 1 is 1.02 bits per heavy atom. The zero-order chi connectivity index (χ0) is 28.4. The van der Waals surface area contributed by atoms with Gasteiger partial charge in [0, 0.05) is 18.7 Å². The van der Waals surface area contributed by atoms with E-state index in [9.17, 15) is 13.6 Å². The molecule has 0 bridgehead atoms. The van der Waals surface area contributed by atoms with Crippen LogP contribution in [0.25, 0.3) is 22.2 Å². The minimum atomic E-state index is -0.885. The first-order chi connectivity index (χ1) is 19.4. The number of aryl methyl sites for hydroxylation is 2. The number of aromatic nitrogens is 2. The summed E-state index contributed by atoms with van der Waals surface area (Å²) in [6, 6.07) is 13.9. The number of nitrogens with one attached hydrogen (secondary N) is 1. The van der Waals surface area contributed by atoms with Crippen LogP contribution >= 0.6 is 0 Å². The summed E-state index contributed by atoms with van der Waals surface area (Å²) in [6.45, 7) is 9.30. The quantitative estimate of drug-likeness (QED) is 0.301. The van der Waals surface area contributed by atoms with E-state index in [2.05, 4.69) is 40.8 Å². The molecule has 1 atom stereocenters. The topological polar surface area (TPSA) is 85.2 Å². The molecular weight excluding hydrogens is 512 g/mol. The number of carbonyl (C=O) groups excluding carboxylic acids is 1. The first-order valence-corrected chi connectivity index (χ1v) is 13.4. The Kier molecular flexibility index (Phi) is 7.69. The first kappa shape index (κ1) is 27.1. The number of fused-ring (bicyclic) bond motifs is 2. The summed E-state index contributed by atoms with van der Waals surface area (Å²) in [6.07, 6.45) is 2.53. The summed E-state index contributed by atoms with van der Waals surface area (Å²) < 4.78 is 33.7. The molecule has 40 heavy (non-hydrogen) atoms. The van der Waals surface area contributed by atoms with Crippen molar-refractivity contribution < 1.29 is 18.3 Å². The summed E-state index contributed by atoms with van der Waals surface area (Å²) in [4.78, 5) is 25.3. The van der Waals surface area contributed by atoms with E-state index < -0.39 is 11.6 Å². The average Bonchev–Trinajstić information content (AvgIpc) is 3.20. The fraction of sp³-hybridized carbons (Fsp3) is 0.323. The number of nitrogens with zero attached hydrogens (tertiary/aromatic N) is 4. The maximum atomic E-state index is 14.0. The Labute approximate surface area is 232 Å². The Morgan fingerprint density at radius 2 is 1.85 bits per heavy atom. The largest absolute Gasteiger partial charge is 0.491 e. The van der Waals surface area contributed by atoms with Gasteiger partial charge in [-0.25, -0.2) is 23.8 Å². The third-order valence-electron chi connectivity index (χ3n) is 7.60. The Morgan fingerprint density at radius 3 is 2.65 bits per heavy atom. The second-order valence-electron chi connectivity index (χ2n) is 10.3. The molecule has 1 saturated heterocycles. The van der Waals surface area contributed by atoms with Crippen molar-refractivity contribution in [3.63, 3.8) is 0 Å². The van der Waals surface area contributed by atoms with Gasteiger partial charge in [0.15, 0.2) is 11.6 Å². The van der Waals surface area contributed by atoms with Crippen LogP contribution in [0, 0.1) is 37.3 Å². The fourth-order valence-corrected chi connectivity index (χ4v) is 5.77. The van der Waals surface area contributed by atoms with Crippen molar-refractivity contribution in [2.45, 2.75) is 45.7 Å². The number of urea groups is 1. The van der Waals surface area contributed by atoms with Crippen LogP contribution in [0.15, 0.2) is 48.5 Å². The molecule has 4 aromatic rings. The first-order valence-electron chi connectivity index (χ1n) is 13.4. The van der Waals surface area contributed by atoms with Gasteiger partial charge in [0.2, 0.25) is 0 Å². The number of hydrogen-bond acceptors (Lipinski definition) is 4. The van der Waals surface area contributed by atoms with Gasteiger partial charge in [-0.1, -0.05) is 12.1 Å². The number of amides is 2. The SMILES string of the molecule is C#N.Cc1nc2ccc(-c3cc(C)c4c(c3)CN(C(=O)N3CCCCC3c3ccc(F)c(F)c3)CCO4)cc2[nH]1. The van der Waals surface area contributed by atoms with E-state index in [1.165, 1.54) is 6.07 Å². The Hall–Kier alpha value is -4.45. The Bertz CT molecular complexity index is 1580. The van der Waals surface area contributed by atoms with Crippen LogP contribution in [-0.2, 0) is 6.54 Å². The monoisotopic (exact) mass is 543 g/mol. The summed E-state index contributed by atoms with van der Waals surface area (Å²) in [5.74, 6) is -0.0729. The minimum absolute atomic E-state index is 0.103. The second kappa shape index (κ2) is 11.3. The number of ether oxygens (including phenoxy) is 1. The number of aromatic amines is 1. The molecule has 1 N–H and O–H groups in total. The van der Waals surface area contributed by atoms with Crippen LogP contribution in [0.4, 0.5) is 13.6 Å². The van der Waals surface area contributed by atoms with E-state index in [1.807, 2.05) is 29.7 Å². The lowest BCUT2D eigenvalue weighted by Crippen LogP contribution is -2.47. The predicted octanol–water partition coefficient (Wildman–Crippen LogP) is 6.81. The normalized spacial score (nSPS) is 16.9. The van der Waals surface area contributed by atoms with E-state index in [4.69, 9.17) is 10.00 Å². The molecule has 1 fully saturated rings. The molecule has 3 aromatic carbocycles. The molecule has 7 nitrogen and oxygen atoms in total. The standard InChI is InChI=1S/C30H30F2N4O2.CHN/c1-18-13-22(20-7-9-26-27(16-20)34-19(2)33-26)14-23-17-35(11-12-38-29(18)23)30(37)36-10-4-3-5-28(36)21-6-8-24(31)25(32)15-21;1-2/h6-9,13-16,28H,3-5,10-12,17H2,1-2H3,(H,33,34);1H. The van der Waals surface area contributed by atoms with Crippen LogP contribution in [-0.4, -0.2) is 45.5 Å². The van der Waals surface area contributed by atoms with E-state index in [1.54, 1.807) is 6.07 Å². The van der Waals surface area contributed by atoms with Gasteiger partial charge in [0.1, 0.15) is 18.2 Å². The van der Waals surface area contributed by atoms with E-state index in [0.29, 0.717) is 31.8 Å². The van der Waals surface area contributed by atoms with Crippen LogP contribution in [0.1, 0.15) is 47.8 Å². The van der Waals surface area contributed by atoms with Crippen LogP contribution in [0.2, 0.25) is 0 Å². The fourth-order valence-electron chi connectivity index (χ4n) is 5.77. The van der Waals surface area contributed by atoms with Gasteiger partial charge < -0.3 is 19.5 Å². The van der Waals surface area contributed by atoms with Crippen molar-refractivity contribution in [1.29, 1.82) is 5.26 Å². The van der Waals surface area contributed by atoms with Gasteiger partial charge in [-0.05, 0) is 91.8 Å². The van der Waals surface area contributed by atoms with Crippen LogP contribution < -0.4 is 4.74 Å². The second-order valence-corrected chi connectivity index (χ2v) is 10.3. The number of H-pyrrole nitrogens is 1. The number of carbonyl (C=O) groups is 1. The number of piperidine rings is 1. The third kappa shape index (κ3) is 5.22. The molecule has 0 saturated carbocycles. The summed E-state index contributed by atoms with van der Waals surface area (Å²) in [5, 5.41) is 6.50. The lowest BCUT2D eigenvalue weighted by Gasteiger charge is -2.39. The highest BCUT2D eigenvalue weighted by atomic mass is 19.2. The maximum Gasteiger partial charge on any atom is 0.320 e. The highest BCUT2D eigenvalue weighted by Gasteiger charge is 2.33. The molecule has 1 aromatic heterocycles. The molecule has 206 valence electrons. The molecule has 0 radical (unpaired) electrons. The smallest absolute Gasteiger partial charge is 0.320 e. The maximum absolute atomic E-state index is 14.0. The average molecular weight is 544 g/mol. The van der Waals surface area contributed by atoms with Crippen LogP contribution in [0.3, 0.4) is 0 Å². The van der Waals surface area contributed by atoms with Gasteiger partial charge in [-0.15, -0.1) is 0 Å². The van der Waals surface area contributed by atoms with Crippen molar-refractivity contribution in [2.24, 2.45) is 0 Å². The van der Waals surface area contributed by atoms with Crippen molar-refractivity contribution >= 4 is 17.1 Å². The molecule has 1 unspecified atom stereocenters. The van der Waals surface area contributed by atoms with Gasteiger partial charge in [0.05, 0.1) is 30.2 Å². The highest BCUT2D eigenvalue weighted by Crippen LogP contribution is 2.36. The minimum Gasteiger partial charge on any atom is -0.491 e. The van der Waals surface area contributed by atoms with Gasteiger partial charge in [-0.2, -0.15) is 0 Å². The van der Waals surface area contributed by atoms with Crippen molar-refractivity contribution in [2.75, 3.05) is 19.7 Å². The summed E-state index contributed by atoms with van der Waals surface area (Å²) in [5.41, 5.74) is 6.61. The van der Waals surface area contributed by atoms with Gasteiger partial charge in [0.25, 0.3) is 0 Å². The zero-order valence-electron chi connectivity index (χ0n) is 22.6. The lowest BCUT2D eigenvalue weighted by atomic mass is 9.95. The predicted molar refractivity (Wildman–Crippen MR) is 149 cm³/mol. The van der Waals surface area contributed by atoms with Crippen LogP contribution in [0.5, 0.6) is 5.75 Å². The third-order valence-corrected chi connectivity index (χ3v) is 7.60. The van der Waals surface area contributed by atoms with E-state index >= 15 is 0 Å². The van der Waals surface area contributed by atoms with Gasteiger partial charge in [-0.3, -0.25) is 0 Å². The van der Waals surface area contributed by atoms with Crippen molar-refractivity contribution in [3.8, 4) is 23.4 Å². The van der Waals surface area contributed by atoms with E-state index in [0.717, 1.165) is 70.2 Å². The number of imidazole rings is 1. The molecule has 2 amide bonds. The molecule has 2 aliphatic rings. The molecular formula is C31H31F2N5O2. The molecule has 9 heteroatoms. The molecule has 3 heterocycles. The number of rotatable bonds is 2. The molecule has 2 aliphatic heterocycles. The molecule has 0 spiro atoms. The van der Waals surface area contributed by atoms with Crippen molar-refractivity contribution in [3.05, 3.63) is 82.7 Å². The Balaban J connectivity index is 0.00000158. The summed E-state index contributed by atoms with van der Waals surface area (Å²) in [7, 11) is 0. The number of likely N-dealkylation sites (tertiary alicyclic amines) is 1.